The van der Waals surface area contributed by atoms with Gasteiger partial charge in [0.05, 0.1) is 6.61 Å². The third kappa shape index (κ3) is 4.94. The monoisotopic (exact) mass is 351 g/mol. The summed E-state index contributed by atoms with van der Waals surface area (Å²) in [4.78, 5) is 4.33. The van der Waals surface area contributed by atoms with Crippen molar-refractivity contribution in [3.63, 3.8) is 0 Å². The molecule has 1 heterocycles. The molecule has 130 valence electrons. The first-order valence-electron chi connectivity index (χ1n) is 8.26. The molecule has 0 radical (unpaired) electrons. The molecule has 0 unspecified atom stereocenters. The second-order valence-electron chi connectivity index (χ2n) is 5.85. The van der Waals surface area contributed by atoms with Gasteiger partial charge in [-0.15, -0.1) is 11.8 Å². The molecule has 0 aliphatic heterocycles. The van der Waals surface area contributed by atoms with E-state index < -0.39 is 11.6 Å². The Morgan fingerprint density at radius 1 is 1.17 bits per heavy atom. The van der Waals surface area contributed by atoms with Crippen LogP contribution in [0.4, 0.5) is 8.78 Å². The standard InChI is InChI=1S/C19H23F2NOS/c1-4-5-6-10-23-18-16(20)11-14(12-17(18)21)15-8-7-9-22-19(15)24-13(2)3/h7-9,11-13H,4-6,10H2,1-3H3. The zero-order valence-corrected chi connectivity index (χ0v) is 15.1. The van der Waals surface area contributed by atoms with Gasteiger partial charge in [0.2, 0.25) is 0 Å². The van der Waals surface area contributed by atoms with Crippen LogP contribution in [0, 0.1) is 11.6 Å². The minimum atomic E-state index is -0.675. The second-order valence-corrected chi connectivity index (χ2v) is 7.41. The molecule has 0 aliphatic rings. The highest BCUT2D eigenvalue weighted by Crippen LogP contribution is 2.35. The smallest absolute Gasteiger partial charge is 0.190 e. The summed E-state index contributed by atoms with van der Waals surface area (Å²) in [6.45, 7) is 6.49. The van der Waals surface area contributed by atoms with Crippen molar-refractivity contribution in [1.29, 1.82) is 0 Å². The van der Waals surface area contributed by atoms with E-state index in [-0.39, 0.29) is 5.75 Å². The minimum Gasteiger partial charge on any atom is -0.488 e. The predicted molar refractivity (Wildman–Crippen MR) is 95.6 cm³/mol. The van der Waals surface area contributed by atoms with Crippen molar-refractivity contribution in [2.24, 2.45) is 0 Å². The van der Waals surface area contributed by atoms with Gasteiger partial charge in [-0.05, 0) is 30.2 Å². The van der Waals surface area contributed by atoms with Gasteiger partial charge in [0.25, 0.3) is 0 Å². The van der Waals surface area contributed by atoms with E-state index in [4.69, 9.17) is 4.74 Å². The summed E-state index contributed by atoms with van der Waals surface area (Å²) in [6, 6.07) is 6.23. The average molecular weight is 351 g/mol. The first-order chi connectivity index (χ1) is 11.5. The van der Waals surface area contributed by atoms with Crippen LogP contribution in [0.5, 0.6) is 5.75 Å². The molecular formula is C19H23F2NOS. The van der Waals surface area contributed by atoms with Crippen LogP contribution >= 0.6 is 11.8 Å². The zero-order valence-electron chi connectivity index (χ0n) is 14.3. The van der Waals surface area contributed by atoms with Crippen LogP contribution in [-0.2, 0) is 0 Å². The number of halogens is 2. The van der Waals surface area contributed by atoms with E-state index >= 15 is 0 Å². The Morgan fingerprint density at radius 2 is 1.88 bits per heavy atom. The third-order valence-electron chi connectivity index (χ3n) is 3.42. The first-order valence-corrected chi connectivity index (χ1v) is 9.14. The topological polar surface area (TPSA) is 22.1 Å². The zero-order chi connectivity index (χ0) is 17.5. The fourth-order valence-electron chi connectivity index (χ4n) is 2.31. The molecule has 1 aromatic heterocycles. The molecule has 5 heteroatoms. The van der Waals surface area contributed by atoms with Crippen LogP contribution in [0.25, 0.3) is 11.1 Å². The molecule has 0 bridgehead atoms. The summed E-state index contributed by atoms with van der Waals surface area (Å²) in [6.07, 6.45) is 4.48. The number of hydrogen-bond donors (Lipinski definition) is 0. The van der Waals surface area contributed by atoms with Crippen molar-refractivity contribution in [2.45, 2.75) is 50.3 Å². The molecule has 0 aliphatic carbocycles. The maximum Gasteiger partial charge on any atom is 0.190 e. The molecule has 0 saturated heterocycles. The van der Waals surface area contributed by atoms with Crippen LogP contribution in [-0.4, -0.2) is 16.8 Å². The van der Waals surface area contributed by atoms with E-state index in [1.165, 1.54) is 12.1 Å². The number of thioether (sulfide) groups is 1. The van der Waals surface area contributed by atoms with Gasteiger partial charge in [0.15, 0.2) is 17.4 Å². The summed E-state index contributed by atoms with van der Waals surface area (Å²) in [7, 11) is 0. The maximum atomic E-state index is 14.3. The highest BCUT2D eigenvalue weighted by atomic mass is 32.2. The highest BCUT2D eigenvalue weighted by molar-refractivity contribution is 7.99. The van der Waals surface area contributed by atoms with Crippen LogP contribution in [0.3, 0.4) is 0 Å². The molecule has 0 amide bonds. The largest absolute Gasteiger partial charge is 0.488 e. The van der Waals surface area contributed by atoms with Crippen LogP contribution in [0.15, 0.2) is 35.5 Å². The van der Waals surface area contributed by atoms with Gasteiger partial charge in [0, 0.05) is 17.0 Å². The number of rotatable bonds is 8. The average Bonchev–Trinajstić information content (AvgIpc) is 2.53. The maximum absolute atomic E-state index is 14.3. The summed E-state index contributed by atoms with van der Waals surface area (Å²) in [5.74, 6) is -1.64. The minimum absolute atomic E-state index is 0.295. The third-order valence-corrected chi connectivity index (χ3v) is 4.44. The summed E-state index contributed by atoms with van der Waals surface area (Å²) in [5.41, 5.74) is 1.20. The lowest BCUT2D eigenvalue weighted by molar-refractivity contribution is 0.276. The fourth-order valence-corrected chi connectivity index (χ4v) is 3.19. The molecule has 0 N–H and O–H groups in total. The second kappa shape index (κ2) is 9.02. The number of unbranched alkanes of at least 4 members (excludes halogenated alkanes) is 2. The van der Waals surface area contributed by atoms with E-state index in [1.807, 2.05) is 6.07 Å². The van der Waals surface area contributed by atoms with Crippen molar-refractivity contribution >= 4 is 11.8 Å². The Bertz CT molecular complexity index is 653. The quantitative estimate of drug-likeness (QED) is 0.424. The van der Waals surface area contributed by atoms with E-state index in [2.05, 4.69) is 25.8 Å². The Morgan fingerprint density at radius 3 is 2.50 bits per heavy atom. The summed E-state index contributed by atoms with van der Waals surface area (Å²) >= 11 is 1.57. The lowest BCUT2D eigenvalue weighted by Crippen LogP contribution is -2.02. The van der Waals surface area contributed by atoms with E-state index in [1.54, 1.807) is 24.0 Å². The van der Waals surface area contributed by atoms with Crippen molar-refractivity contribution < 1.29 is 13.5 Å². The molecule has 0 atom stereocenters. The summed E-state index contributed by atoms with van der Waals surface area (Å²) in [5, 5.41) is 1.09. The van der Waals surface area contributed by atoms with Crippen LogP contribution in [0.2, 0.25) is 0 Å². The number of nitrogens with zero attached hydrogens (tertiary/aromatic N) is 1. The molecule has 0 fully saturated rings. The van der Waals surface area contributed by atoms with E-state index in [0.717, 1.165) is 29.9 Å². The van der Waals surface area contributed by atoms with Gasteiger partial charge in [-0.25, -0.2) is 13.8 Å². The fraction of sp³-hybridized carbons (Fsp3) is 0.421. The van der Waals surface area contributed by atoms with E-state index in [9.17, 15) is 8.78 Å². The molecular weight excluding hydrogens is 328 g/mol. The Kier molecular flexibility index (Phi) is 7.03. The van der Waals surface area contributed by atoms with E-state index in [0.29, 0.717) is 17.4 Å². The van der Waals surface area contributed by atoms with Gasteiger partial charge in [-0.1, -0.05) is 39.7 Å². The van der Waals surface area contributed by atoms with Crippen molar-refractivity contribution in [3.8, 4) is 16.9 Å². The molecule has 24 heavy (non-hydrogen) atoms. The molecule has 0 spiro atoms. The van der Waals surface area contributed by atoms with Crippen LogP contribution < -0.4 is 4.74 Å². The lowest BCUT2D eigenvalue weighted by Gasteiger charge is -2.13. The first kappa shape index (κ1) is 18.7. The number of hydrogen-bond acceptors (Lipinski definition) is 3. The number of ether oxygens (including phenoxy) is 1. The predicted octanol–water partition coefficient (Wildman–Crippen LogP) is 6.10. The highest BCUT2D eigenvalue weighted by Gasteiger charge is 2.16. The van der Waals surface area contributed by atoms with Crippen LogP contribution in [0.1, 0.15) is 40.0 Å². The van der Waals surface area contributed by atoms with Gasteiger partial charge in [-0.3, -0.25) is 0 Å². The SMILES string of the molecule is CCCCCOc1c(F)cc(-c2cccnc2SC(C)C)cc1F. The van der Waals surface area contributed by atoms with Crippen molar-refractivity contribution in [1.82, 2.24) is 4.98 Å². The number of benzene rings is 1. The Labute approximate surface area is 146 Å². The lowest BCUT2D eigenvalue weighted by atomic mass is 10.1. The molecule has 2 aromatic rings. The summed E-state index contributed by atoms with van der Waals surface area (Å²) < 4.78 is 33.9. The van der Waals surface area contributed by atoms with Gasteiger partial charge in [-0.2, -0.15) is 0 Å². The number of aromatic nitrogens is 1. The van der Waals surface area contributed by atoms with Crippen molar-refractivity contribution in [2.75, 3.05) is 6.61 Å². The number of pyridine rings is 1. The Hall–Kier alpha value is -1.62. The molecule has 1 aromatic carbocycles. The molecule has 2 nitrogen and oxygen atoms in total. The van der Waals surface area contributed by atoms with Gasteiger partial charge in [0.1, 0.15) is 5.03 Å². The molecule has 0 saturated carbocycles. The van der Waals surface area contributed by atoms with Gasteiger partial charge >= 0.3 is 0 Å². The normalized spacial score (nSPS) is 11.1. The molecule has 2 rings (SSSR count). The Balaban J connectivity index is 2.27. The van der Waals surface area contributed by atoms with Gasteiger partial charge < -0.3 is 4.74 Å². The van der Waals surface area contributed by atoms with Crippen molar-refractivity contribution in [3.05, 3.63) is 42.1 Å².